The molecule has 0 bridgehead atoms. The smallest absolute Gasteiger partial charge is 0.279 e. The first-order valence-corrected chi connectivity index (χ1v) is 6.78. The predicted octanol–water partition coefficient (Wildman–Crippen LogP) is -0.229. The van der Waals surface area contributed by atoms with Crippen molar-refractivity contribution in [2.24, 2.45) is 5.92 Å². The van der Waals surface area contributed by atoms with Gasteiger partial charge in [-0.3, -0.25) is 0 Å². The van der Waals surface area contributed by atoms with Crippen LogP contribution in [0.4, 0.5) is 0 Å². The lowest BCUT2D eigenvalue weighted by molar-refractivity contribution is 0.317. The number of rotatable bonds is 4. The standard InChI is InChI=1S/C9H21N3O2S/c1-8(9-5-4-6-10-7-9)11-15(13,14)12(2)3/h8-11H,4-7H2,1-3H3. The number of hydrogen-bond donors (Lipinski definition) is 2. The van der Waals surface area contributed by atoms with Crippen molar-refractivity contribution in [2.45, 2.75) is 25.8 Å². The quantitative estimate of drug-likeness (QED) is 0.707. The zero-order chi connectivity index (χ0) is 11.5. The van der Waals surface area contributed by atoms with Gasteiger partial charge in [0.2, 0.25) is 0 Å². The summed E-state index contributed by atoms with van der Waals surface area (Å²) in [7, 11) is -0.219. The van der Waals surface area contributed by atoms with Crippen LogP contribution in [-0.4, -0.2) is 45.9 Å². The van der Waals surface area contributed by atoms with E-state index in [0.29, 0.717) is 5.92 Å². The summed E-state index contributed by atoms with van der Waals surface area (Å²) < 4.78 is 27.0. The predicted molar refractivity (Wildman–Crippen MR) is 60.8 cm³/mol. The van der Waals surface area contributed by atoms with Crippen molar-refractivity contribution in [3.05, 3.63) is 0 Å². The van der Waals surface area contributed by atoms with Crippen LogP contribution >= 0.6 is 0 Å². The molecule has 2 N–H and O–H groups in total. The Hall–Kier alpha value is -0.170. The molecule has 0 radical (unpaired) electrons. The molecule has 0 aromatic rings. The van der Waals surface area contributed by atoms with Gasteiger partial charge in [-0.05, 0) is 38.8 Å². The Balaban J connectivity index is 2.50. The molecule has 1 aliphatic heterocycles. The van der Waals surface area contributed by atoms with Crippen molar-refractivity contribution in [1.82, 2.24) is 14.3 Å². The van der Waals surface area contributed by atoms with Gasteiger partial charge in [-0.25, -0.2) is 0 Å². The molecule has 2 unspecified atom stereocenters. The van der Waals surface area contributed by atoms with Crippen LogP contribution in [0.5, 0.6) is 0 Å². The summed E-state index contributed by atoms with van der Waals surface area (Å²) in [4.78, 5) is 0. The molecular formula is C9H21N3O2S. The Morgan fingerprint density at radius 1 is 1.47 bits per heavy atom. The highest BCUT2D eigenvalue weighted by atomic mass is 32.2. The van der Waals surface area contributed by atoms with E-state index < -0.39 is 10.2 Å². The number of piperidine rings is 1. The lowest BCUT2D eigenvalue weighted by Gasteiger charge is -2.29. The zero-order valence-electron chi connectivity index (χ0n) is 9.66. The highest BCUT2D eigenvalue weighted by molar-refractivity contribution is 7.87. The van der Waals surface area contributed by atoms with Crippen LogP contribution < -0.4 is 10.0 Å². The SMILES string of the molecule is CC(NS(=O)(=O)N(C)C)C1CCCNC1. The minimum Gasteiger partial charge on any atom is -0.316 e. The fourth-order valence-corrected chi connectivity index (χ4v) is 2.62. The summed E-state index contributed by atoms with van der Waals surface area (Å²) in [5.74, 6) is 0.397. The monoisotopic (exact) mass is 235 g/mol. The van der Waals surface area contributed by atoms with Crippen LogP contribution in [-0.2, 0) is 10.2 Å². The van der Waals surface area contributed by atoms with Crippen LogP contribution in [0.1, 0.15) is 19.8 Å². The number of nitrogens with zero attached hydrogens (tertiary/aromatic N) is 1. The van der Waals surface area contributed by atoms with E-state index in [9.17, 15) is 8.42 Å². The third kappa shape index (κ3) is 3.71. The van der Waals surface area contributed by atoms with Crippen molar-refractivity contribution < 1.29 is 8.42 Å². The highest BCUT2D eigenvalue weighted by Gasteiger charge is 2.24. The first kappa shape index (κ1) is 12.9. The molecule has 1 aliphatic rings. The van der Waals surface area contributed by atoms with E-state index in [1.165, 1.54) is 18.4 Å². The molecule has 0 spiro atoms. The molecular weight excluding hydrogens is 214 g/mol. The Bertz CT molecular complexity index is 284. The van der Waals surface area contributed by atoms with Crippen LogP contribution in [0.2, 0.25) is 0 Å². The Labute approximate surface area is 92.4 Å². The number of nitrogens with one attached hydrogen (secondary N) is 2. The maximum atomic E-state index is 11.6. The maximum Gasteiger partial charge on any atom is 0.279 e. The summed E-state index contributed by atoms with van der Waals surface area (Å²) >= 11 is 0. The molecule has 5 nitrogen and oxygen atoms in total. The molecule has 6 heteroatoms. The second kappa shape index (κ2) is 5.25. The minimum atomic E-state index is -3.29. The van der Waals surface area contributed by atoms with Crippen LogP contribution in [0.25, 0.3) is 0 Å². The van der Waals surface area contributed by atoms with Gasteiger partial charge in [-0.1, -0.05) is 0 Å². The van der Waals surface area contributed by atoms with E-state index in [1.807, 2.05) is 6.92 Å². The topological polar surface area (TPSA) is 61.4 Å². The second-order valence-electron chi connectivity index (χ2n) is 4.30. The fraction of sp³-hybridized carbons (Fsp3) is 1.00. The molecule has 90 valence electrons. The van der Waals surface area contributed by atoms with Gasteiger partial charge in [0.1, 0.15) is 0 Å². The van der Waals surface area contributed by atoms with E-state index >= 15 is 0 Å². The lowest BCUT2D eigenvalue weighted by atomic mass is 9.94. The first-order valence-electron chi connectivity index (χ1n) is 5.34. The van der Waals surface area contributed by atoms with Crippen molar-refractivity contribution in [2.75, 3.05) is 27.2 Å². The average molecular weight is 235 g/mol. The third-order valence-corrected chi connectivity index (χ3v) is 4.49. The molecule has 0 aromatic heterocycles. The van der Waals surface area contributed by atoms with Gasteiger partial charge < -0.3 is 5.32 Å². The summed E-state index contributed by atoms with van der Waals surface area (Å²) in [6.07, 6.45) is 2.21. The molecule has 2 atom stereocenters. The zero-order valence-corrected chi connectivity index (χ0v) is 10.5. The van der Waals surface area contributed by atoms with E-state index in [1.54, 1.807) is 0 Å². The average Bonchev–Trinajstić information content (AvgIpc) is 2.18. The highest BCUT2D eigenvalue weighted by Crippen LogP contribution is 2.14. The molecule has 15 heavy (non-hydrogen) atoms. The molecule has 1 fully saturated rings. The summed E-state index contributed by atoms with van der Waals surface area (Å²) in [6.45, 7) is 3.87. The van der Waals surface area contributed by atoms with Crippen LogP contribution in [0.3, 0.4) is 0 Å². The van der Waals surface area contributed by atoms with E-state index in [4.69, 9.17) is 0 Å². The molecule has 1 rings (SSSR count). The van der Waals surface area contributed by atoms with Crippen molar-refractivity contribution >= 4 is 10.2 Å². The molecule has 0 aromatic carbocycles. The normalized spacial score (nSPS) is 25.5. The van der Waals surface area contributed by atoms with Crippen LogP contribution in [0, 0.1) is 5.92 Å². The number of hydrogen-bond acceptors (Lipinski definition) is 3. The Morgan fingerprint density at radius 2 is 2.13 bits per heavy atom. The summed E-state index contributed by atoms with van der Waals surface area (Å²) in [6, 6.07) is -0.00907. The maximum absolute atomic E-state index is 11.6. The van der Waals surface area contributed by atoms with Crippen molar-refractivity contribution in [1.29, 1.82) is 0 Å². The van der Waals surface area contributed by atoms with Gasteiger partial charge in [-0.2, -0.15) is 17.4 Å². The Morgan fingerprint density at radius 3 is 2.60 bits per heavy atom. The first-order chi connectivity index (χ1) is 6.93. The fourth-order valence-electron chi connectivity index (χ4n) is 1.74. The van der Waals surface area contributed by atoms with Gasteiger partial charge in [0, 0.05) is 20.1 Å². The van der Waals surface area contributed by atoms with E-state index in [2.05, 4.69) is 10.0 Å². The second-order valence-corrected chi connectivity index (χ2v) is 6.22. The molecule has 1 saturated heterocycles. The Kier molecular flexibility index (Phi) is 4.51. The van der Waals surface area contributed by atoms with E-state index in [0.717, 1.165) is 25.9 Å². The van der Waals surface area contributed by atoms with Gasteiger partial charge in [0.25, 0.3) is 10.2 Å². The van der Waals surface area contributed by atoms with Gasteiger partial charge in [0.15, 0.2) is 0 Å². The van der Waals surface area contributed by atoms with Crippen LogP contribution in [0.15, 0.2) is 0 Å². The molecule has 1 heterocycles. The third-order valence-electron chi connectivity index (χ3n) is 2.86. The van der Waals surface area contributed by atoms with Gasteiger partial charge in [0.05, 0.1) is 0 Å². The largest absolute Gasteiger partial charge is 0.316 e. The molecule has 0 amide bonds. The molecule has 0 aliphatic carbocycles. The van der Waals surface area contributed by atoms with Crippen molar-refractivity contribution in [3.63, 3.8) is 0 Å². The summed E-state index contributed by atoms with van der Waals surface area (Å²) in [5, 5.41) is 3.28. The van der Waals surface area contributed by atoms with E-state index in [-0.39, 0.29) is 6.04 Å². The minimum absolute atomic E-state index is 0.00907. The van der Waals surface area contributed by atoms with Crippen molar-refractivity contribution in [3.8, 4) is 0 Å². The van der Waals surface area contributed by atoms with Gasteiger partial charge in [-0.15, -0.1) is 0 Å². The lowest BCUT2D eigenvalue weighted by Crippen LogP contribution is -2.47. The molecule has 0 saturated carbocycles. The summed E-state index contributed by atoms with van der Waals surface area (Å²) in [5.41, 5.74) is 0. The van der Waals surface area contributed by atoms with Gasteiger partial charge >= 0.3 is 0 Å².